The summed E-state index contributed by atoms with van der Waals surface area (Å²) in [7, 11) is 0. The fraction of sp³-hybridized carbons (Fsp3) is 0.941. The monoisotopic (exact) mass is 512 g/mol. The van der Waals surface area contributed by atoms with Crippen molar-refractivity contribution in [2.24, 2.45) is 62.1 Å². The van der Waals surface area contributed by atoms with E-state index >= 15 is 0 Å². The number of fused-ring (bicyclic) bond motifs is 7. The Morgan fingerprint density at radius 3 is 2.22 bits per heavy atom. The molecule has 0 aromatic rings. The molecular weight excluding hydrogens is 456 g/mol. The second kappa shape index (κ2) is 8.57. The molecule has 3 heteroatoms. The second-order valence-electron chi connectivity index (χ2n) is 16.8. The lowest BCUT2D eigenvalue weighted by Crippen LogP contribution is -2.68. The number of ketones is 1. The van der Waals surface area contributed by atoms with E-state index in [1.54, 1.807) is 0 Å². The molecule has 0 bridgehead atoms. The third-order valence-corrected chi connectivity index (χ3v) is 14.6. The first-order valence-electron chi connectivity index (χ1n) is 15.7. The van der Waals surface area contributed by atoms with Crippen molar-refractivity contribution in [1.29, 1.82) is 0 Å². The smallest absolute Gasteiger partial charge is 0.302 e. The van der Waals surface area contributed by atoms with E-state index in [1.165, 1.54) is 51.9 Å². The molecule has 0 radical (unpaired) electrons. The molecule has 0 N–H and O–H groups in total. The number of esters is 1. The zero-order chi connectivity index (χ0) is 27.2. The number of carbonyl (C=O) groups excluding carboxylic acids is 2. The third kappa shape index (κ3) is 3.85. The van der Waals surface area contributed by atoms with Gasteiger partial charge in [0.05, 0.1) is 6.61 Å². The van der Waals surface area contributed by atoms with Crippen molar-refractivity contribution < 1.29 is 14.3 Å². The topological polar surface area (TPSA) is 43.4 Å². The Kier molecular flexibility index (Phi) is 6.41. The fourth-order valence-electron chi connectivity index (χ4n) is 11.8. The van der Waals surface area contributed by atoms with Crippen LogP contribution in [0.25, 0.3) is 0 Å². The molecule has 0 aromatic heterocycles. The lowest BCUT2D eigenvalue weighted by atomic mass is 9.31. The SMILES string of the molecule is CC(=O)OCC[C@]12CCC(C)(C)C[C@H]1[C@H]1C(=O)C[C@@H]3[C@@]4(C)CC[C@H](C)C(C)(C)[C@@H]4CC[C@@]3(C)[C@]1(C)CC2. The van der Waals surface area contributed by atoms with Crippen LogP contribution in [0.4, 0.5) is 0 Å². The van der Waals surface area contributed by atoms with Gasteiger partial charge >= 0.3 is 5.97 Å². The molecular formula is C34H56O3. The summed E-state index contributed by atoms with van der Waals surface area (Å²) >= 11 is 0. The Labute approximate surface area is 227 Å². The van der Waals surface area contributed by atoms with Crippen molar-refractivity contribution in [3.05, 3.63) is 0 Å². The summed E-state index contributed by atoms with van der Waals surface area (Å²) in [6.07, 6.45) is 12.8. The Balaban J connectivity index is 1.53. The molecule has 0 aliphatic heterocycles. The molecule has 37 heavy (non-hydrogen) atoms. The summed E-state index contributed by atoms with van der Waals surface area (Å²) in [5.74, 6) is 2.97. The first-order chi connectivity index (χ1) is 17.0. The third-order valence-electron chi connectivity index (χ3n) is 14.6. The van der Waals surface area contributed by atoms with Crippen LogP contribution in [0.3, 0.4) is 0 Å². The lowest BCUT2D eigenvalue weighted by Gasteiger charge is -2.73. The van der Waals surface area contributed by atoms with E-state index in [0.29, 0.717) is 29.6 Å². The maximum atomic E-state index is 14.6. The van der Waals surface area contributed by atoms with Gasteiger partial charge < -0.3 is 4.74 Å². The highest BCUT2D eigenvalue weighted by atomic mass is 16.5. The van der Waals surface area contributed by atoms with Gasteiger partial charge in [-0.25, -0.2) is 0 Å². The van der Waals surface area contributed by atoms with Gasteiger partial charge in [-0.3, -0.25) is 9.59 Å². The van der Waals surface area contributed by atoms with Gasteiger partial charge in [-0.15, -0.1) is 0 Å². The minimum Gasteiger partial charge on any atom is -0.466 e. The molecule has 0 unspecified atom stereocenters. The van der Waals surface area contributed by atoms with E-state index < -0.39 is 0 Å². The maximum absolute atomic E-state index is 14.6. The fourth-order valence-corrected chi connectivity index (χ4v) is 11.8. The zero-order valence-electron chi connectivity index (χ0n) is 25.6. The van der Waals surface area contributed by atoms with Crippen LogP contribution < -0.4 is 0 Å². The maximum Gasteiger partial charge on any atom is 0.302 e. The van der Waals surface area contributed by atoms with Crippen molar-refractivity contribution in [2.45, 2.75) is 133 Å². The highest BCUT2D eigenvalue weighted by Crippen LogP contribution is 2.77. The minimum absolute atomic E-state index is 0.0667. The molecule has 5 rings (SSSR count). The molecule has 0 aromatic carbocycles. The van der Waals surface area contributed by atoms with Crippen LogP contribution in [0.2, 0.25) is 0 Å². The molecule has 0 heterocycles. The Bertz CT molecular complexity index is 949. The molecule has 5 aliphatic rings. The predicted octanol–water partition coefficient (Wildman–Crippen LogP) is 8.64. The minimum atomic E-state index is -0.177. The molecule has 5 saturated carbocycles. The van der Waals surface area contributed by atoms with E-state index in [4.69, 9.17) is 4.74 Å². The van der Waals surface area contributed by atoms with Crippen LogP contribution in [0.1, 0.15) is 133 Å². The first-order valence-corrected chi connectivity index (χ1v) is 15.7. The van der Waals surface area contributed by atoms with Gasteiger partial charge in [0.2, 0.25) is 0 Å². The molecule has 210 valence electrons. The molecule has 0 saturated heterocycles. The summed E-state index contributed by atoms with van der Waals surface area (Å²) in [6.45, 7) is 22.2. The molecule has 0 amide bonds. The van der Waals surface area contributed by atoms with E-state index in [-0.39, 0.29) is 39.0 Å². The summed E-state index contributed by atoms with van der Waals surface area (Å²) in [6, 6.07) is 0. The van der Waals surface area contributed by atoms with Crippen LogP contribution in [0.5, 0.6) is 0 Å². The summed E-state index contributed by atoms with van der Waals surface area (Å²) in [5, 5.41) is 0. The molecule has 3 nitrogen and oxygen atoms in total. The van der Waals surface area contributed by atoms with Crippen molar-refractivity contribution in [3.63, 3.8) is 0 Å². The molecule has 5 fully saturated rings. The molecule has 0 spiro atoms. The van der Waals surface area contributed by atoms with Gasteiger partial charge in [0, 0.05) is 19.3 Å². The summed E-state index contributed by atoms with van der Waals surface area (Å²) in [4.78, 5) is 26.2. The summed E-state index contributed by atoms with van der Waals surface area (Å²) < 4.78 is 5.51. The summed E-state index contributed by atoms with van der Waals surface area (Å²) in [5.41, 5.74) is 1.33. The zero-order valence-corrected chi connectivity index (χ0v) is 25.6. The average molecular weight is 513 g/mol. The van der Waals surface area contributed by atoms with Crippen molar-refractivity contribution in [1.82, 2.24) is 0 Å². The van der Waals surface area contributed by atoms with Crippen LogP contribution in [0.15, 0.2) is 0 Å². The van der Waals surface area contributed by atoms with Crippen LogP contribution in [-0.4, -0.2) is 18.4 Å². The van der Waals surface area contributed by atoms with E-state index in [9.17, 15) is 9.59 Å². The molecule has 9 atom stereocenters. The lowest BCUT2D eigenvalue weighted by molar-refractivity contribution is -0.241. The second-order valence-corrected chi connectivity index (χ2v) is 16.8. The Hall–Kier alpha value is -0.860. The number of ether oxygens (including phenoxy) is 1. The number of hydrogen-bond donors (Lipinski definition) is 0. The highest BCUT2D eigenvalue weighted by Gasteiger charge is 2.71. The van der Waals surface area contributed by atoms with Gasteiger partial charge in [-0.1, -0.05) is 55.4 Å². The Morgan fingerprint density at radius 2 is 1.54 bits per heavy atom. The average Bonchev–Trinajstić information content (AvgIpc) is 2.78. The predicted molar refractivity (Wildman–Crippen MR) is 150 cm³/mol. The first kappa shape index (κ1) is 27.7. The number of rotatable bonds is 3. The Morgan fingerprint density at radius 1 is 0.865 bits per heavy atom. The highest BCUT2D eigenvalue weighted by molar-refractivity contribution is 5.84. The quantitative estimate of drug-likeness (QED) is 0.355. The largest absolute Gasteiger partial charge is 0.466 e. The van der Waals surface area contributed by atoms with Gasteiger partial charge in [0.1, 0.15) is 5.78 Å². The van der Waals surface area contributed by atoms with Crippen LogP contribution >= 0.6 is 0 Å². The van der Waals surface area contributed by atoms with Gasteiger partial charge in [0.25, 0.3) is 0 Å². The number of carbonyl (C=O) groups is 2. The van der Waals surface area contributed by atoms with Gasteiger partial charge in [-0.2, -0.15) is 0 Å². The van der Waals surface area contributed by atoms with E-state index in [1.807, 2.05) is 0 Å². The van der Waals surface area contributed by atoms with Gasteiger partial charge in [-0.05, 0) is 120 Å². The van der Waals surface area contributed by atoms with Crippen molar-refractivity contribution in [3.8, 4) is 0 Å². The number of hydrogen-bond acceptors (Lipinski definition) is 3. The van der Waals surface area contributed by atoms with Crippen LogP contribution in [-0.2, 0) is 14.3 Å². The van der Waals surface area contributed by atoms with E-state index in [2.05, 4.69) is 55.4 Å². The molecule has 5 aliphatic carbocycles. The number of Topliss-reactive ketones (excluding diaryl/α,β-unsaturated/α-hetero) is 1. The van der Waals surface area contributed by atoms with Crippen LogP contribution in [0, 0.1) is 62.1 Å². The van der Waals surface area contributed by atoms with Gasteiger partial charge in [0.15, 0.2) is 0 Å². The van der Waals surface area contributed by atoms with Crippen molar-refractivity contribution >= 4 is 11.8 Å². The normalized spacial score (nSPS) is 50.2. The van der Waals surface area contributed by atoms with Crippen molar-refractivity contribution in [2.75, 3.05) is 6.61 Å². The van der Waals surface area contributed by atoms with E-state index in [0.717, 1.165) is 37.5 Å². The standard InChI is InChI=1S/C34H56O3/c1-22-10-12-31(7)26(30(22,5)6)11-13-32(8)27(31)20-25(36)28-24-21-29(3,4)14-16-34(24,17-15-33(28,32)9)18-19-37-23(2)35/h22,24,26-28H,10-21H2,1-9H3/t22-,24-,26-,27+,28-,31-,32+,33+,34+/m0/s1.